The van der Waals surface area contributed by atoms with Gasteiger partial charge in [-0.1, -0.05) is 12.1 Å². The third kappa shape index (κ3) is 7.46. The molecule has 1 heterocycles. The van der Waals surface area contributed by atoms with E-state index >= 15 is 0 Å². The summed E-state index contributed by atoms with van der Waals surface area (Å²) in [6, 6.07) is 5.15. The highest BCUT2D eigenvalue weighted by Crippen LogP contribution is 2.24. The van der Waals surface area contributed by atoms with Crippen molar-refractivity contribution < 1.29 is 17.9 Å². The Bertz CT molecular complexity index is 774. The van der Waals surface area contributed by atoms with Gasteiger partial charge in [0.1, 0.15) is 10.8 Å². The van der Waals surface area contributed by atoms with Crippen LogP contribution < -0.4 is 15.4 Å². The molecule has 2 N–H and O–H groups in total. The van der Waals surface area contributed by atoms with E-state index in [1.54, 1.807) is 30.4 Å². The first-order chi connectivity index (χ1) is 12.8. The molecule has 2 rings (SSSR count). The van der Waals surface area contributed by atoms with Crippen molar-refractivity contribution >= 4 is 17.3 Å². The lowest BCUT2D eigenvalue weighted by Gasteiger charge is -2.14. The van der Waals surface area contributed by atoms with Gasteiger partial charge in [-0.2, -0.15) is 13.2 Å². The highest BCUT2D eigenvalue weighted by atomic mass is 32.1. The molecule has 0 spiro atoms. The maximum Gasteiger partial charge on any atom is 0.422 e. The van der Waals surface area contributed by atoms with Crippen molar-refractivity contribution in [1.82, 2.24) is 15.6 Å². The summed E-state index contributed by atoms with van der Waals surface area (Å²) in [6.07, 6.45) is -2.57. The van der Waals surface area contributed by atoms with Crippen LogP contribution >= 0.6 is 11.3 Å². The summed E-state index contributed by atoms with van der Waals surface area (Å²) in [4.78, 5) is 9.86. The fraction of sp³-hybridized carbons (Fsp3) is 0.444. The molecule has 0 atom stereocenters. The molecule has 1 aromatic heterocycles. The summed E-state index contributed by atoms with van der Waals surface area (Å²) in [6.45, 7) is 5.78. The smallest absolute Gasteiger partial charge is 0.422 e. The average molecular weight is 400 g/mol. The fourth-order valence-electron chi connectivity index (χ4n) is 2.23. The van der Waals surface area contributed by atoms with Gasteiger partial charge in [-0.15, -0.1) is 11.3 Å². The van der Waals surface area contributed by atoms with Gasteiger partial charge in [0.05, 0.1) is 13.1 Å². The molecule has 0 bridgehead atoms. The minimum Gasteiger partial charge on any atom is -0.484 e. The van der Waals surface area contributed by atoms with Gasteiger partial charge in [-0.05, 0) is 32.4 Å². The number of aromatic nitrogens is 1. The van der Waals surface area contributed by atoms with Crippen LogP contribution in [0.15, 0.2) is 29.4 Å². The van der Waals surface area contributed by atoms with E-state index in [-0.39, 0.29) is 12.3 Å². The average Bonchev–Trinajstić information content (AvgIpc) is 3.01. The van der Waals surface area contributed by atoms with Gasteiger partial charge in [-0.25, -0.2) is 9.98 Å². The Morgan fingerprint density at radius 3 is 2.67 bits per heavy atom. The lowest BCUT2D eigenvalue weighted by molar-refractivity contribution is -0.153. The number of benzene rings is 1. The maximum atomic E-state index is 12.5. The number of thiazole rings is 1. The van der Waals surface area contributed by atoms with E-state index in [0.29, 0.717) is 24.6 Å². The van der Waals surface area contributed by atoms with Crippen LogP contribution in [0, 0.1) is 13.8 Å². The maximum absolute atomic E-state index is 12.5. The summed E-state index contributed by atoms with van der Waals surface area (Å²) < 4.78 is 42.4. The van der Waals surface area contributed by atoms with Crippen molar-refractivity contribution in [1.29, 1.82) is 0 Å². The number of nitrogens with zero attached hydrogens (tertiary/aromatic N) is 2. The first-order valence-corrected chi connectivity index (χ1v) is 9.31. The molecule has 148 valence electrons. The minimum atomic E-state index is -4.38. The van der Waals surface area contributed by atoms with Crippen LogP contribution in [0.3, 0.4) is 0 Å². The summed E-state index contributed by atoms with van der Waals surface area (Å²) in [5.74, 6) is 0.759. The predicted molar refractivity (Wildman–Crippen MR) is 101 cm³/mol. The zero-order valence-electron chi connectivity index (χ0n) is 15.5. The third-order valence-corrected chi connectivity index (χ3v) is 4.35. The highest BCUT2D eigenvalue weighted by Gasteiger charge is 2.28. The molecule has 5 nitrogen and oxygen atoms in total. The van der Waals surface area contributed by atoms with Gasteiger partial charge in [0.2, 0.25) is 0 Å². The Kier molecular flexibility index (Phi) is 7.46. The number of rotatable bonds is 7. The summed E-state index contributed by atoms with van der Waals surface area (Å²) >= 11 is 1.59. The molecule has 0 saturated heterocycles. The van der Waals surface area contributed by atoms with Crippen molar-refractivity contribution in [2.24, 2.45) is 4.99 Å². The number of hydrogen-bond acceptors (Lipinski definition) is 4. The Morgan fingerprint density at radius 2 is 2.04 bits per heavy atom. The number of hydrogen-bond donors (Lipinski definition) is 2. The number of alkyl halides is 3. The normalized spacial score (nSPS) is 12.1. The van der Waals surface area contributed by atoms with E-state index in [1.165, 1.54) is 0 Å². The minimum absolute atomic E-state index is 0.194. The van der Waals surface area contributed by atoms with Gasteiger partial charge < -0.3 is 15.4 Å². The SMILES string of the molecule is CCNC(=NCc1ccc(C)cc1OCC(F)(F)F)NCc1ncc(C)s1. The second kappa shape index (κ2) is 9.59. The number of aliphatic imine (C=N–C) groups is 1. The van der Waals surface area contributed by atoms with Crippen LogP contribution in [0.4, 0.5) is 13.2 Å². The zero-order valence-corrected chi connectivity index (χ0v) is 16.3. The molecule has 2 aromatic rings. The fourth-order valence-corrected chi connectivity index (χ4v) is 2.96. The van der Waals surface area contributed by atoms with Crippen molar-refractivity contribution in [3.05, 3.63) is 45.4 Å². The number of ether oxygens (including phenoxy) is 1. The summed E-state index contributed by atoms with van der Waals surface area (Å²) in [7, 11) is 0. The van der Waals surface area contributed by atoms with E-state index in [2.05, 4.69) is 20.6 Å². The largest absolute Gasteiger partial charge is 0.484 e. The molecule has 0 amide bonds. The molecule has 0 unspecified atom stereocenters. The van der Waals surface area contributed by atoms with Crippen LogP contribution in [0.1, 0.15) is 27.9 Å². The second-order valence-corrected chi connectivity index (χ2v) is 7.25. The zero-order chi connectivity index (χ0) is 19.9. The van der Waals surface area contributed by atoms with Crippen LogP contribution in [-0.2, 0) is 13.1 Å². The molecule has 0 fully saturated rings. The van der Waals surface area contributed by atoms with Crippen LogP contribution in [-0.4, -0.2) is 30.3 Å². The summed E-state index contributed by atoms with van der Waals surface area (Å²) in [5, 5.41) is 7.22. The number of nitrogens with one attached hydrogen (secondary N) is 2. The first-order valence-electron chi connectivity index (χ1n) is 8.49. The monoisotopic (exact) mass is 400 g/mol. The molecular weight excluding hydrogens is 377 g/mol. The van der Waals surface area contributed by atoms with E-state index in [9.17, 15) is 13.2 Å². The molecular formula is C18H23F3N4OS. The van der Waals surface area contributed by atoms with E-state index in [1.807, 2.05) is 26.1 Å². The molecule has 27 heavy (non-hydrogen) atoms. The van der Waals surface area contributed by atoms with E-state index in [4.69, 9.17) is 4.74 Å². The van der Waals surface area contributed by atoms with Crippen molar-refractivity contribution in [2.75, 3.05) is 13.2 Å². The van der Waals surface area contributed by atoms with Gasteiger partial charge in [0, 0.05) is 23.2 Å². The lowest BCUT2D eigenvalue weighted by Crippen LogP contribution is -2.36. The van der Waals surface area contributed by atoms with Crippen LogP contribution in [0.25, 0.3) is 0 Å². The van der Waals surface area contributed by atoms with Crippen molar-refractivity contribution in [2.45, 2.75) is 40.0 Å². The molecule has 1 aromatic carbocycles. The number of aryl methyl sites for hydroxylation is 2. The molecule has 0 aliphatic rings. The van der Waals surface area contributed by atoms with Crippen molar-refractivity contribution in [3.8, 4) is 5.75 Å². The second-order valence-electron chi connectivity index (χ2n) is 5.93. The van der Waals surface area contributed by atoms with Gasteiger partial charge in [0.25, 0.3) is 0 Å². The topological polar surface area (TPSA) is 58.5 Å². The molecule has 9 heteroatoms. The van der Waals surface area contributed by atoms with Crippen LogP contribution in [0.5, 0.6) is 5.75 Å². The Balaban J connectivity index is 2.07. The highest BCUT2D eigenvalue weighted by molar-refractivity contribution is 7.11. The van der Waals surface area contributed by atoms with Crippen LogP contribution in [0.2, 0.25) is 0 Å². The molecule has 0 saturated carbocycles. The van der Waals surface area contributed by atoms with Gasteiger partial charge in [-0.3, -0.25) is 0 Å². The third-order valence-electron chi connectivity index (χ3n) is 3.44. The van der Waals surface area contributed by atoms with Gasteiger partial charge in [0.15, 0.2) is 12.6 Å². The van der Waals surface area contributed by atoms with Crippen molar-refractivity contribution in [3.63, 3.8) is 0 Å². The standard InChI is InChI=1S/C18H23F3N4OS/c1-4-22-17(25-10-16-23-8-13(3)27-16)24-9-14-6-5-12(2)7-15(14)26-11-18(19,20)21/h5-8H,4,9-11H2,1-3H3,(H2,22,24,25). The van der Waals surface area contributed by atoms with E-state index in [0.717, 1.165) is 15.4 Å². The quantitative estimate of drug-likeness (QED) is 0.546. The van der Waals surface area contributed by atoms with Gasteiger partial charge >= 0.3 is 6.18 Å². The summed E-state index contributed by atoms with van der Waals surface area (Å²) in [5.41, 5.74) is 1.41. The number of halogens is 3. The number of guanidine groups is 1. The predicted octanol–water partition coefficient (Wildman–Crippen LogP) is 3.96. The van der Waals surface area contributed by atoms with E-state index < -0.39 is 12.8 Å². The Hall–Kier alpha value is -2.29. The molecule has 0 aliphatic carbocycles. The molecule has 0 aliphatic heterocycles. The lowest BCUT2D eigenvalue weighted by atomic mass is 10.1. The molecule has 0 radical (unpaired) electrons. The Morgan fingerprint density at radius 1 is 1.26 bits per heavy atom. The first kappa shape index (κ1) is 21.0. The Labute approximate surface area is 160 Å².